The Morgan fingerprint density at radius 1 is 1.50 bits per heavy atom. The predicted molar refractivity (Wildman–Crippen MR) is 72.1 cm³/mol. The van der Waals surface area contributed by atoms with Crippen molar-refractivity contribution in [3.05, 3.63) is 0 Å². The van der Waals surface area contributed by atoms with E-state index in [2.05, 4.69) is 19.3 Å². The molecule has 18 heavy (non-hydrogen) atoms. The standard InChI is InChI=1S/C14H28N2O2/c1-4-17-13(2,3)12(16-15)11-6-9-18-14(10-11)7-5-8-14/h11-12,16H,4-10,15H2,1-3H3. The van der Waals surface area contributed by atoms with Crippen LogP contribution in [0.5, 0.6) is 0 Å². The van der Waals surface area contributed by atoms with Gasteiger partial charge in [0, 0.05) is 13.2 Å². The summed E-state index contributed by atoms with van der Waals surface area (Å²) >= 11 is 0. The Morgan fingerprint density at radius 2 is 2.22 bits per heavy atom. The minimum absolute atomic E-state index is 0.167. The van der Waals surface area contributed by atoms with Gasteiger partial charge in [-0.15, -0.1) is 0 Å². The van der Waals surface area contributed by atoms with Crippen molar-refractivity contribution in [1.29, 1.82) is 0 Å². The maximum absolute atomic E-state index is 5.99. The van der Waals surface area contributed by atoms with Gasteiger partial charge in [0.2, 0.25) is 0 Å². The predicted octanol–water partition coefficient (Wildman–Crippen LogP) is 1.98. The lowest BCUT2D eigenvalue weighted by molar-refractivity contribution is -0.159. The number of rotatable bonds is 5. The molecule has 106 valence electrons. The summed E-state index contributed by atoms with van der Waals surface area (Å²) in [6, 6.07) is 0.193. The van der Waals surface area contributed by atoms with Crippen LogP contribution in [-0.4, -0.2) is 30.5 Å². The van der Waals surface area contributed by atoms with E-state index in [4.69, 9.17) is 15.3 Å². The van der Waals surface area contributed by atoms with E-state index in [0.29, 0.717) is 5.92 Å². The summed E-state index contributed by atoms with van der Waals surface area (Å²) in [6.07, 6.45) is 5.94. The zero-order valence-corrected chi connectivity index (χ0v) is 12.0. The van der Waals surface area contributed by atoms with Crippen LogP contribution in [0, 0.1) is 5.92 Å². The highest BCUT2D eigenvalue weighted by Crippen LogP contribution is 2.46. The van der Waals surface area contributed by atoms with E-state index >= 15 is 0 Å². The van der Waals surface area contributed by atoms with Gasteiger partial charge in [0.1, 0.15) is 0 Å². The van der Waals surface area contributed by atoms with Crippen molar-refractivity contribution in [2.45, 2.75) is 70.1 Å². The van der Waals surface area contributed by atoms with Gasteiger partial charge in [-0.3, -0.25) is 11.3 Å². The highest BCUT2D eigenvalue weighted by Gasteiger charge is 2.47. The summed E-state index contributed by atoms with van der Waals surface area (Å²) in [6.45, 7) is 7.88. The number of hydrogen-bond acceptors (Lipinski definition) is 4. The highest BCUT2D eigenvalue weighted by atomic mass is 16.5. The van der Waals surface area contributed by atoms with Gasteiger partial charge in [0.05, 0.1) is 17.2 Å². The van der Waals surface area contributed by atoms with Gasteiger partial charge in [-0.05, 0) is 58.8 Å². The topological polar surface area (TPSA) is 56.5 Å². The average Bonchev–Trinajstić information content (AvgIpc) is 2.28. The Bertz CT molecular complexity index is 277. The van der Waals surface area contributed by atoms with Crippen molar-refractivity contribution in [3.63, 3.8) is 0 Å². The van der Waals surface area contributed by atoms with Gasteiger partial charge in [0.15, 0.2) is 0 Å². The van der Waals surface area contributed by atoms with Crippen molar-refractivity contribution in [2.75, 3.05) is 13.2 Å². The first-order valence-corrected chi connectivity index (χ1v) is 7.27. The minimum Gasteiger partial charge on any atom is -0.375 e. The van der Waals surface area contributed by atoms with Crippen molar-refractivity contribution in [3.8, 4) is 0 Å². The quantitative estimate of drug-likeness (QED) is 0.583. The summed E-state index contributed by atoms with van der Waals surface area (Å²) in [5, 5.41) is 0. The molecule has 3 N–H and O–H groups in total. The molecule has 0 bridgehead atoms. The molecule has 1 saturated heterocycles. The van der Waals surface area contributed by atoms with E-state index in [9.17, 15) is 0 Å². The molecule has 0 aromatic heterocycles. The SMILES string of the molecule is CCOC(C)(C)C(NN)C1CCOC2(CCC2)C1. The van der Waals surface area contributed by atoms with Crippen LogP contribution in [-0.2, 0) is 9.47 Å². The lowest BCUT2D eigenvalue weighted by Gasteiger charge is -2.50. The third kappa shape index (κ3) is 2.72. The first kappa shape index (κ1) is 14.3. The number of nitrogens with two attached hydrogens (primary N) is 1. The number of nitrogens with one attached hydrogen (secondary N) is 1. The fraction of sp³-hybridized carbons (Fsp3) is 1.00. The van der Waals surface area contributed by atoms with Crippen LogP contribution in [0.15, 0.2) is 0 Å². The van der Waals surface area contributed by atoms with Crippen LogP contribution in [0.4, 0.5) is 0 Å². The second kappa shape index (κ2) is 5.45. The second-order valence-electron chi connectivity index (χ2n) is 6.32. The molecule has 1 heterocycles. The van der Waals surface area contributed by atoms with Crippen LogP contribution >= 0.6 is 0 Å². The average molecular weight is 256 g/mol. The molecule has 4 heteroatoms. The van der Waals surface area contributed by atoms with Crippen molar-refractivity contribution >= 4 is 0 Å². The third-order valence-electron chi connectivity index (χ3n) is 4.71. The number of hydrogen-bond donors (Lipinski definition) is 2. The third-order valence-corrected chi connectivity index (χ3v) is 4.71. The molecule has 1 aliphatic carbocycles. The molecule has 0 radical (unpaired) electrons. The van der Waals surface area contributed by atoms with Gasteiger partial charge < -0.3 is 9.47 Å². The number of hydrazine groups is 1. The Labute approximate surface area is 111 Å². The Balaban J connectivity index is 2.02. The molecule has 0 aromatic carbocycles. The first-order valence-electron chi connectivity index (χ1n) is 7.27. The van der Waals surface area contributed by atoms with Crippen LogP contribution < -0.4 is 11.3 Å². The number of ether oxygens (including phenoxy) is 2. The van der Waals surface area contributed by atoms with E-state index in [1.807, 2.05) is 6.92 Å². The van der Waals surface area contributed by atoms with E-state index in [0.717, 1.165) is 26.1 Å². The van der Waals surface area contributed by atoms with E-state index in [1.54, 1.807) is 0 Å². The van der Waals surface area contributed by atoms with E-state index in [-0.39, 0.29) is 17.2 Å². The van der Waals surface area contributed by atoms with Gasteiger partial charge >= 0.3 is 0 Å². The van der Waals surface area contributed by atoms with Crippen LogP contribution in [0.25, 0.3) is 0 Å². The summed E-state index contributed by atoms with van der Waals surface area (Å²) in [5.41, 5.74) is 2.94. The summed E-state index contributed by atoms with van der Waals surface area (Å²) in [4.78, 5) is 0. The van der Waals surface area contributed by atoms with Crippen LogP contribution in [0.1, 0.15) is 52.9 Å². The van der Waals surface area contributed by atoms with Gasteiger partial charge in [0.25, 0.3) is 0 Å². The van der Waals surface area contributed by atoms with Crippen LogP contribution in [0.2, 0.25) is 0 Å². The van der Waals surface area contributed by atoms with Gasteiger partial charge in [-0.25, -0.2) is 0 Å². The zero-order chi connectivity index (χ0) is 13.2. The monoisotopic (exact) mass is 256 g/mol. The largest absolute Gasteiger partial charge is 0.375 e. The molecule has 0 amide bonds. The molecule has 2 rings (SSSR count). The van der Waals surface area contributed by atoms with Gasteiger partial charge in [-0.2, -0.15) is 0 Å². The summed E-state index contributed by atoms with van der Waals surface area (Å²) < 4.78 is 11.9. The molecule has 1 spiro atoms. The fourth-order valence-corrected chi connectivity index (χ4v) is 3.64. The summed E-state index contributed by atoms with van der Waals surface area (Å²) in [7, 11) is 0. The molecule has 0 aromatic rings. The smallest absolute Gasteiger partial charge is 0.0794 e. The first-order chi connectivity index (χ1) is 8.53. The Hall–Kier alpha value is -0.160. The normalized spacial score (nSPS) is 29.0. The highest BCUT2D eigenvalue weighted by molar-refractivity contribution is 4.99. The molecule has 4 nitrogen and oxygen atoms in total. The molecule has 2 fully saturated rings. The maximum Gasteiger partial charge on any atom is 0.0794 e. The Kier molecular flexibility index (Phi) is 4.32. The van der Waals surface area contributed by atoms with Crippen LogP contribution in [0.3, 0.4) is 0 Å². The fourth-order valence-electron chi connectivity index (χ4n) is 3.64. The van der Waals surface area contributed by atoms with Gasteiger partial charge in [-0.1, -0.05) is 0 Å². The van der Waals surface area contributed by atoms with Crippen molar-refractivity contribution in [2.24, 2.45) is 11.8 Å². The lowest BCUT2D eigenvalue weighted by atomic mass is 9.68. The molecule has 2 atom stereocenters. The molecule has 2 unspecified atom stereocenters. The molecular weight excluding hydrogens is 228 g/mol. The molecular formula is C14H28N2O2. The van der Waals surface area contributed by atoms with Crippen molar-refractivity contribution < 1.29 is 9.47 Å². The molecule has 2 aliphatic rings. The molecule has 1 saturated carbocycles. The van der Waals surface area contributed by atoms with E-state index in [1.165, 1.54) is 19.3 Å². The lowest BCUT2D eigenvalue weighted by Crippen LogP contribution is -2.59. The van der Waals surface area contributed by atoms with Crippen molar-refractivity contribution in [1.82, 2.24) is 5.43 Å². The summed E-state index contributed by atoms with van der Waals surface area (Å²) in [5.74, 6) is 6.34. The van der Waals surface area contributed by atoms with E-state index < -0.39 is 0 Å². The second-order valence-corrected chi connectivity index (χ2v) is 6.32. The minimum atomic E-state index is -0.226. The Morgan fingerprint density at radius 3 is 2.72 bits per heavy atom. The zero-order valence-electron chi connectivity index (χ0n) is 12.0. The molecule has 1 aliphatic heterocycles. The maximum atomic E-state index is 5.99.